The van der Waals surface area contributed by atoms with Gasteiger partial charge in [0.1, 0.15) is 11.9 Å². The lowest BCUT2D eigenvalue weighted by molar-refractivity contribution is 0.879. The van der Waals surface area contributed by atoms with Crippen LogP contribution in [0.4, 0.5) is 5.82 Å². The van der Waals surface area contributed by atoms with Gasteiger partial charge >= 0.3 is 0 Å². The number of nitriles is 1. The SMILES string of the molecule is N#Cc1ccccc1-n1nc(-c2cccc(Cl)c2)c2c1NCC2. The van der Waals surface area contributed by atoms with Crippen LogP contribution in [-0.2, 0) is 6.42 Å². The second-order valence-electron chi connectivity index (χ2n) is 5.40. The zero-order chi connectivity index (χ0) is 15.8. The lowest BCUT2D eigenvalue weighted by Gasteiger charge is -2.07. The number of nitrogens with zero attached hydrogens (tertiary/aromatic N) is 3. The van der Waals surface area contributed by atoms with Gasteiger partial charge in [0.2, 0.25) is 0 Å². The Morgan fingerprint density at radius 2 is 2.04 bits per heavy atom. The molecule has 2 heterocycles. The number of aromatic nitrogens is 2. The molecular formula is C18H13ClN4. The van der Waals surface area contributed by atoms with Crippen molar-refractivity contribution in [1.29, 1.82) is 5.26 Å². The fourth-order valence-corrected chi connectivity index (χ4v) is 3.16. The van der Waals surface area contributed by atoms with Crippen molar-refractivity contribution >= 4 is 17.4 Å². The van der Waals surface area contributed by atoms with Gasteiger partial charge < -0.3 is 5.32 Å². The Balaban J connectivity index is 1.94. The summed E-state index contributed by atoms with van der Waals surface area (Å²) in [5.41, 5.74) is 4.46. The van der Waals surface area contributed by atoms with E-state index in [0.29, 0.717) is 10.6 Å². The van der Waals surface area contributed by atoms with E-state index < -0.39 is 0 Å². The highest BCUT2D eigenvalue weighted by Gasteiger charge is 2.24. The van der Waals surface area contributed by atoms with Crippen LogP contribution in [0.1, 0.15) is 11.1 Å². The van der Waals surface area contributed by atoms with Crippen molar-refractivity contribution < 1.29 is 0 Å². The van der Waals surface area contributed by atoms with Crippen LogP contribution in [0.5, 0.6) is 0 Å². The zero-order valence-corrected chi connectivity index (χ0v) is 13.0. The van der Waals surface area contributed by atoms with Gasteiger partial charge in [-0.25, -0.2) is 4.68 Å². The first-order chi connectivity index (χ1) is 11.3. The van der Waals surface area contributed by atoms with Crippen molar-refractivity contribution in [1.82, 2.24) is 9.78 Å². The molecule has 0 amide bonds. The molecule has 112 valence electrons. The molecule has 2 aromatic carbocycles. The van der Waals surface area contributed by atoms with E-state index in [1.807, 2.05) is 47.1 Å². The molecule has 0 atom stereocenters. The smallest absolute Gasteiger partial charge is 0.133 e. The first-order valence-corrected chi connectivity index (χ1v) is 7.77. The van der Waals surface area contributed by atoms with Gasteiger partial charge in [-0.1, -0.05) is 35.9 Å². The molecule has 5 heteroatoms. The minimum atomic E-state index is 0.601. The Kier molecular flexibility index (Phi) is 3.29. The lowest BCUT2D eigenvalue weighted by atomic mass is 10.1. The maximum absolute atomic E-state index is 9.36. The molecule has 1 aromatic heterocycles. The molecule has 0 aliphatic carbocycles. The number of rotatable bonds is 2. The van der Waals surface area contributed by atoms with Gasteiger partial charge in [0.15, 0.2) is 0 Å². The van der Waals surface area contributed by atoms with Crippen LogP contribution in [-0.4, -0.2) is 16.3 Å². The van der Waals surface area contributed by atoms with E-state index >= 15 is 0 Å². The van der Waals surface area contributed by atoms with Gasteiger partial charge in [0.05, 0.1) is 16.9 Å². The molecule has 0 saturated carbocycles. The van der Waals surface area contributed by atoms with Crippen molar-refractivity contribution in [2.75, 3.05) is 11.9 Å². The molecule has 0 spiro atoms. The number of hydrogen-bond acceptors (Lipinski definition) is 3. The Morgan fingerprint density at radius 3 is 2.87 bits per heavy atom. The van der Waals surface area contributed by atoms with E-state index in [4.69, 9.17) is 16.7 Å². The summed E-state index contributed by atoms with van der Waals surface area (Å²) in [4.78, 5) is 0. The average Bonchev–Trinajstić information content (AvgIpc) is 3.17. The van der Waals surface area contributed by atoms with Crippen LogP contribution >= 0.6 is 11.6 Å². The fraction of sp³-hybridized carbons (Fsp3) is 0.111. The van der Waals surface area contributed by atoms with E-state index in [-0.39, 0.29) is 0 Å². The topological polar surface area (TPSA) is 53.6 Å². The number of hydrogen-bond donors (Lipinski definition) is 1. The van der Waals surface area contributed by atoms with Gasteiger partial charge in [-0.05, 0) is 30.7 Å². The highest BCUT2D eigenvalue weighted by atomic mass is 35.5. The highest BCUT2D eigenvalue weighted by molar-refractivity contribution is 6.30. The van der Waals surface area contributed by atoms with Crippen molar-refractivity contribution in [3.05, 3.63) is 64.7 Å². The van der Waals surface area contributed by atoms with E-state index in [9.17, 15) is 5.26 Å². The third-order valence-electron chi connectivity index (χ3n) is 4.00. The summed E-state index contributed by atoms with van der Waals surface area (Å²) in [7, 11) is 0. The molecule has 0 fully saturated rings. The van der Waals surface area contributed by atoms with Gasteiger partial charge in [0.25, 0.3) is 0 Å². The predicted molar refractivity (Wildman–Crippen MR) is 90.9 cm³/mol. The van der Waals surface area contributed by atoms with Crippen LogP contribution in [0.15, 0.2) is 48.5 Å². The number of halogens is 1. The third kappa shape index (κ3) is 2.26. The second kappa shape index (κ2) is 5.45. The predicted octanol–water partition coefficient (Wildman–Crippen LogP) is 4.03. The number of para-hydroxylation sites is 1. The first kappa shape index (κ1) is 13.9. The summed E-state index contributed by atoms with van der Waals surface area (Å²) >= 11 is 6.12. The summed E-state index contributed by atoms with van der Waals surface area (Å²) in [6.07, 6.45) is 0.909. The molecular weight excluding hydrogens is 308 g/mol. The summed E-state index contributed by atoms with van der Waals surface area (Å²) in [5.74, 6) is 0.961. The fourth-order valence-electron chi connectivity index (χ4n) is 2.97. The average molecular weight is 321 g/mol. The van der Waals surface area contributed by atoms with Gasteiger partial charge in [-0.15, -0.1) is 0 Å². The first-order valence-electron chi connectivity index (χ1n) is 7.39. The number of benzene rings is 2. The Labute approximate surface area is 138 Å². The van der Waals surface area contributed by atoms with Crippen LogP contribution in [0.2, 0.25) is 5.02 Å². The van der Waals surface area contributed by atoms with Crippen LogP contribution in [0, 0.1) is 11.3 Å². The molecule has 0 saturated heterocycles. The maximum atomic E-state index is 9.36. The van der Waals surface area contributed by atoms with Crippen molar-refractivity contribution in [3.8, 4) is 23.0 Å². The molecule has 0 bridgehead atoms. The van der Waals surface area contributed by atoms with Crippen molar-refractivity contribution in [3.63, 3.8) is 0 Å². The summed E-state index contributed by atoms with van der Waals surface area (Å²) in [6, 6.07) is 17.4. The summed E-state index contributed by atoms with van der Waals surface area (Å²) < 4.78 is 1.83. The molecule has 1 aliphatic heterocycles. The van der Waals surface area contributed by atoms with Gasteiger partial charge in [0, 0.05) is 22.7 Å². The minimum absolute atomic E-state index is 0.601. The Hall–Kier alpha value is -2.77. The van der Waals surface area contributed by atoms with Gasteiger partial charge in [-0.2, -0.15) is 10.4 Å². The van der Waals surface area contributed by atoms with E-state index in [1.54, 1.807) is 6.07 Å². The van der Waals surface area contributed by atoms with Gasteiger partial charge in [-0.3, -0.25) is 0 Å². The van der Waals surface area contributed by atoms with Crippen LogP contribution in [0.3, 0.4) is 0 Å². The lowest BCUT2D eigenvalue weighted by Crippen LogP contribution is -2.05. The summed E-state index contributed by atoms with van der Waals surface area (Å²) in [5, 5.41) is 18.2. The quantitative estimate of drug-likeness (QED) is 0.775. The number of fused-ring (bicyclic) bond motifs is 1. The highest BCUT2D eigenvalue weighted by Crippen LogP contribution is 2.35. The molecule has 4 nitrogen and oxygen atoms in total. The zero-order valence-electron chi connectivity index (χ0n) is 12.3. The molecule has 4 rings (SSSR count). The second-order valence-corrected chi connectivity index (χ2v) is 5.84. The Morgan fingerprint density at radius 1 is 1.17 bits per heavy atom. The maximum Gasteiger partial charge on any atom is 0.133 e. The molecule has 23 heavy (non-hydrogen) atoms. The Bertz CT molecular complexity index is 936. The summed E-state index contributed by atoms with van der Waals surface area (Å²) in [6.45, 7) is 0.871. The van der Waals surface area contributed by atoms with E-state index in [2.05, 4.69) is 11.4 Å². The van der Waals surface area contributed by atoms with E-state index in [1.165, 1.54) is 5.56 Å². The normalized spacial score (nSPS) is 12.5. The minimum Gasteiger partial charge on any atom is -0.369 e. The van der Waals surface area contributed by atoms with Crippen LogP contribution in [0.25, 0.3) is 16.9 Å². The molecule has 1 N–H and O–H groups in total. The standard InChI is InChI=1S/C18H13ClN4/c19-14-6-3-5-12(10-14)17-15-8-9-21-18(15)23(22-17)16-7-2-1-4-13(16)11-20/h1-7,10,21H,8-9H2. The van der Waals surface area contributed by atoms with Crippen LogP contribution < -0.4 is 5.32 Å². The molecule has 3 aromatic rings. The third-order valence-corrected chi connectivity index (χ3v) is 4.24. The van der Waals surface area contributed by atoms with Crippen molar-refractivity contribution in [2.24, 2.45) is 0 Å². The number of nitrogens with one attached hydrogen (secondary N) is 1. The van der Waals surface area contributed by atoms with Crippen molar-refractivity contribution in [2.45, 2.75) is 6.42 Å². The molecule has 1 aliphatic rings. The molecule has 0 radical (unpaired) electrons. The number of anilines is 1. The van der Waals surface area contributed by atoms with E-state index in [0.717, 1.165) is 35.7 Å². The monoisotopic (exact) mass is 320 g/mol. The molecule has 0 unspecified atom stereocenters. The largest absolute Gasteiger partial charge is 0.369 e.